The highest BCUT2D eigenvalue weighted by Crippen LogP contribution is 2.36. The van der Waals surface area contributed by atoms with Gasteiger partial charge in [-0.05, 0) is 53.6 Å². The number of ether oxygens (including phenoxy) is 3. The van der Waals surface area contributed by atoms with Crippen molar-refractivity contribution in [1.29, 1.82) is 0 Å². The lowest BCUT2D eigenvalue weighted by Crippen LogP contribution is -2.21. The second-order valence-corrected chi connectivity index (χ2v) is 7.14. The van der Waals surface area contributed by atoms with Crippen LogP contribution in [0, 0.1) is 0 Å². The van der Waals surface area contributed by atoms with Gasteiger partial charge in [0.05, 0.1) is 12.0 Å². The fourth-order valence-electron chi connectivity index (χ4n) is 2.82. The van der Waals surface area contributed by atoms with Crippen molar-refractivity contribution in [2.75, 3.05) is 20.3 Å². The summed E-state index contributed by atoms with van der Waals surface area (Å²) in [6.07, 6.45) is 0. The van der Waals surface area contributed by atoms with Gasteiger partial charge in [-0.3, -0.25) is 4.79 Å². The van der Waals surface area contributed by atoms with Gasteiger partial charge in [0.25, 0.3) is 5.91 Å². The van der Waals surface area contributed by atoms with Crippen molar-refractivity contribution in [3.8, 4) is 27.7 Å². The molecule has 6 heteroatoms. The summed E-state index contributed by atoms with van der Waals surface area (Å²) in [6.45, 7) is 1.60. The number of thiophene rings is 1. The minimum absolute atomic E-state index is 0.0837. The summed E-state index contributed by atoms with van der Waals surface area (Å²) in [5.41, 5.74) is 2.03. The highest BCUT2D eigenvalue weighted by Gasteiger charge is 2.15. The Hall–Kier alpha value is -2.99. The molecule has 1 aromatic heterocycles. The third-order valence-electron chi connectivity index (χ3n) is 4.27. The van der Waals surface area contributed by atoms with E-state index in [4.69, 9.17) is 14.2 Å². The number of fused-ring (bicyclic) bond motifs is 1. The molecule has 1 amide bonds. The number of carbonyl (C=O) groups excluding carboxylic acids is 1. The third kappa shape index (κ3) is 3.90. The van der Waals surface area contributed by atoms with E-state index >= 15 is 0 Å². The summed E-state index contributed by atoms with van der Waals surface area (Å²) in [5.74, 6) is 2.23. The summed E-state index contributed by atoms with van der Waals surface area (Å²) < 4.78 is 16.3. The molecule has 3 aromatic rings. The van der Waals surface area contributed by atoms with Gasteiger partial charge in [-0.15, -0.1) is 11.3 Å². The zero-order valence-electron chi connectivity index (χ0n) is 14.9. The number of rotatable bonds is 5. The lowest BCUT2D eigenvalue weighted by Gasteiger charge is -2.18. The SMILES string of the molecule is COc1ccc(CNC(=O)c2ccc(-c3ccc4c(c3)OCCO4)s2)cc1. The van der Waals surface area contributed by atoms with Crippen molar-refractivity contribution in [3.05, 3.63) is 65.0 Å². The predicted molar refractivity (Wildman–Crippen MR) is 105 cm³/mol. The van der Waals surface area contributed by atoms with Crippen LogP contribution in [0.25, 0.3) is 10.4 Å². The van der Waals surface area contributed by atoms with Gasteiger partial charge in [-0.2, -0.15) is 0 Å². The molecule has 0 unspecified atom stereocenters. The lowest BCUT2D eigenvalue weighted by molar-refractivity contribution is 0.0955. The molecule has 2 heterocycles. The van der Waals surface area contributed by atoms with Crippen LogP contribution in [-0.2, 0) is 6.54 Å². The standard InChI is InChI=1S/C21H19NO4S/c1-24-16-5-2-14(3-6-16)13-22-21(23)20-9-8-19(27-20)15-4-7-17-18(12-15)26-11-10-25-17/h2-9,12H,10-11,13H2,1H3,(H,22,23). The molecule has 0 spiro atoms. The van der Waals surface area contributed by atoms with Crippen LogP contribution in [0.4, 0.5) is 0 Å². The number of methoxy groups -OCH3 is 1. The van der Waals surface area contributed by atoms with Crippen molar-refractivity contribution < 1.29 is 19.0 Å². The first kappa shape index (κ1) is 17.4. The largest absolute Gasteiger partial charge is 0.497 e. The lowest BCUT2D eigenvalue weighted by atomic mass is 10.1. The minimum atomic E-state index is -0.0837. The number of hydrogen-bond donors (Lipinski definition) is 1. The van der Waals surface area contributed by atoms with E-state index < -0.39 is 0 Å². The Morgan fingerprint density at radius 3 is 2.59 bits per heavy atom. The van der Waals surface area contributed by atoms with E-state index in [0.717, 1.165) is 33.3 Å². The molecule has 1 aliphatic rings. The topological polar surface area (TPSA) is 56.8 Å². The third-order valence-corrected chi connectivity index (χ3v) is 5.40. The molecule has 0 saturated carbocycles. The summed E-state index contributed by atoms with van der Waals surface area (Å²) >= 11 is 1.46. The van der Waals surface area contributed by atoms with E-state index in [0.29, 0.717) is 24.6 Å². The normalized spacial score (nSPS) is 12.5. The van der Waals surface area contributed by atoms with Gasteiger partial charge in [0.1, 0.15) is 19.0 Å². The van der Waals surface area contributed by atoms with Gasteiger partial charge in [-0.25, -0.2) is 0 Å². The molecule has 0 fully saturated rings. The fourth-order valence-corrected chi connectivity index (χ4v) is 3.74. The first-order chi connectivity index (χ1) is 13.2. The fraction of sp³-hybridized carbons (Fsp3) is 0.190. The van der Waals surface area contributed by atoms with Gasteiger partial charge >= 0.3 is 0 Å². The van der Waals surface area contributed by atoms with E-state index in [2.05, 4.69) is 5.32 Å². The van der Waals surface area contributed by atoms with Gasteiger partial charge in [-0.1, -0.05) is 12.1 Å². The molecular formula is C21H19NO4S. The number of carbonyl (C=O) groups is 1. The second-order valence-electron chi connectivity index (χ2n) is 6.05. The molecule has 0 saturated heterocycles. The zero-order valence-corrected chi connectivity index (χ0v) is 15.7. The summed E-state index contributed by atoms with van der Waals surface area (Å²) in [5, 5.41) is 2.95. The Labute approximate surface area is 161 Å². The average Bonchev–Trinajstić information content (AvgIpc) is 3.22. The molecule has 2 aromatic carbocycles. The highest BCUT2D eigenvalue weighted by atomic mass is 32.1. The smallest absolute Gasteiger partial charge is 0.261 e. The molecular weight excluding hydrogens is 362 g/mol. The Morgan fingerprint density at radius 1 is 1.04 bits per heavy atom. The van der Waals surface area contributed by atoms with E-state index in [9.17, 15) is 4.79 Å². The summed E-state index contributed by atoms with van der Waals surface area (Å²) in [6, 6.07) is 17.3. The van der Waals surface area contributed by atoms with E-state index in [1.54, 1.807) is 7.11 Å². The van der Waals surface area contributed by atoms with Crippen LogP contribution in [0.2, 0.25) is 0 Å². The van der Waals surface area contributed by atoms with Crippen LogP contribution in [0.5, 0.6) is 17.2 Å². The Morgan fingerprint density at radius 2 is 1.81 bits per heavy atom. The van der Waals surface area contributed by atoms with Crippen LogP contribution in [0.15, 0.2) is 54.6 Å². The molecule has 0 bridgehead atoms. The first-order valence-electron chi connectivity index (χ1n) is 8.64. The summed E-state index contributed by atoms with van der Waals surface area (Å²) in [7, 11) is 1.63. The molecule has 1 N–H and O–H groups in total. The maximum Gasteiger partial charge on any atom is 0.261 e. The Bertz CT molecular complexity index is 949. The van der Waals surface area contributed by atoms with Gasteiger partial charge in [0.2, 0.25) is 0 Å². The number of nitrogens with one attached hydrogen (secondary N) is 1. The molecule has 138 valence electrons. The van der Waals surface area contributed by atoms with Crippen molar-refractivity contribution in [3.63, 3.8) is 0 Å². The minimum Gasteiger partial charge on any atom is -0.497 e. The van der Waals surface area contributed by atoms with Crippen LogP contribution in [0.3, 0.4) is 0 Å². The number of amides is 1. The van der Waals surface area contributed by atoms with Crippen LogP contribution in [0.1, 0.15) is 15.2 Å². The summed E-state index contributed by atoms with van der Waals surface area (Å²) in [4.78, 5) is 14.1. The molecule has 1 aliphatic heterocycles. The van der Waals surface area contributed by atoms with Crippen molar-refractivity contribution in [2.24, 2.45) is 0 Å². The predicted octanol–water partition coefficient (Wildman–Crippen LogP) is 4.12. The van der Waals surface area contributed by atoms with Gasteiger partial charge in [0.15, 0.2) is 11.5 Å². The Balaban J connectivity index is 1.43. The molecule has 27 heavy (non-hydrogen) atoms. The molecule has 0 atom stereocenters. The molecule has 5 nitrogen and oxygen atoms in total. The Kier molecular flexibility index (Phi) is 4.98. The molecule has 0 aliphatic carbocycles. The maximum absolute atomic E-state index is 12.4. The van der Waals surface area contributed by atoms with Crippen LogP contribution < -0.4 is 19.5 Å². The monoisotopic (exact) mass is 381 g/mol. The van der Waals surface area contributed by atoms with Crippen molar-refractivity contribution in [1.82, 2.24) is 5.32 Å². The second kappa shape index (κ2) is 7.72. The zero-order chi connectivity index (χ0) is 18.6. The van der Waals surface area contributed by atoms with Crippen molar-refractivity contribution >= 4 is 17.2 Å². The van der Waals surface area contributed by atoms with Gasteiger partial charge in [0, 0.05) is 11.4 Å². The van der Waals surface area contributed by atoms with Crippen LogP contribution >= 0.6 is 11.3 Å². The maximum atomic E-state index is 12.4. The van der Waals surface area contributed by atoms with E-state index in [1.807, 2.05) is 54.6 Å². The van der Waals surface area contributed by atoms with Crippen LogP contribution in [-0.4, -0.2) is 26.2 Å². The average molecular weight is 381 g/mol. The molecule has 4 rings (SSSR count). The number of hydrogen-bond acceptors (Lipinski definition) is 5. The number of benzene rings is 2. The van der Waals surface area contributed by atoms with E-state index in [-0.39, 0.29) is 5.91 Å². The quantitative estimate of drug-likeness (QED) is 0.722. The van der Waals surface area contributed by atoms with Gasteiger partial charge < -0.3 is 19.5 Å². The molecule has 0 radical (unpaired) electrons. The first-order valence-corrected chi connectivity index (χ1v) is 9.45. The highest BCUT2D eigenvalue weighted by molar-refractivity contribution is 7.17. The van der Waals surface area contributed by atoms with Crippen molar-refractivity contribution in [2.45, 2.75) is 6.54 Å². The van der Waals surface area contributed by atoms with E-state index in [1.165, 1.54) is 11.3 Å².